The van der Waals surface area contributed by atoms with Crippen molar-refractivity contribution in [1.29, 1.82) is 0 Å². The molecule has 1 saturated carbocycles. The predicted octanol–water partition coefficient (Wildman–Crippen LogP) is 2.05. The first kappa shape index (κ1) is 12.2. The van der Waals surface area contributed by atoms with Gasteiger partial charge in [-0.3, -0.25) is 4.79 Å². The fourth-order valence-corrected chi connectivity index (χ4v) is 1.44. The average molecular weight is 212 g/mol. The Morgan fingerprint density at radius 2 is 2.00 bits per heavy atom. The molecule has 0 bridgehead atoms. The van der Waals surface area contributed by atoms with Gasteiger partial charge in [0.15, 0.2) is 0 Å². The summed E-state index contributed by atoms with van der Waals surface area (Å²) in [6.45, 7) is 7.42. The number of carbonyl (C=O) groups is 1. The Balaban J connectivity index is 2.68. The number of aliphatic hydroxyl groups is 1. The van der Waals surface area contributed by atoms with E-state index in [9.17, 15) is 4.79 Å². The summed E-state index contributed by atoms with van der Waals surface area (Å²) in [5, 5.41) is 8.92. The van der Waals surface area contributed by atoms with E-state index in [1.807, 2.05) is 33.8 Å². The molecule has 1 rings (SSSR count). The minimum atomic E-state index is -0.444. The molecule has 0 amide bonds. The maximum atomic E-state index is 11.8. The molecule has 0 aromatic heterocycles. The van der Waals surface area contributed by atoms with Crippen molar-refractivity contribution in [2.75, 3.05) is 6.61 Å². The van der Waals surface area contributed by atoms with Crippen molar-refractivity contribution in [3.63, 3.8) is 0 Å². The number of hydrogen-bond acceptors (Lipinski definition) is 3. The molecule has 0 unspecified atom stereocenters. The smallest absolute Gasteiger partial charge is 0.316 e. The van der Waals surface area contributed by atoms with Gasteiger partial charge in [-0.2, -0.15) is 0 Å². The first-order chi connectivity index (χ1) is 6.79. The summed E-state index contributed by atoms with van der Waals surface area (Å²) < 4.78 is 5.35. The second-order valence-electron chi connectivity index (χ2n) is 5.31. The van der Waals surface area contributed by atoms with Gasteiger partial charge >= 0.3 is 5.97 Å². The maximum absolute atomic E-state index is 11.8. The highest BCUT2D eigenvalue weighted by Gasteiger charge is 2.50. The lowest BCUT2D eigenvalue weighted by molar-refractivity contribution is -0.159. The van der Waals surface area contributed by atoms with Crippen molar-refractivity contribution >= 4 is 5.97 Å². The second kappa shape index (κ2) is 3.97. The molecular weight excluding hydrogens is 192 g/mol. The van der Waals surface area contributed by atoms with Gasteiger partial charge < -0.3 is 9.84 Å². The summed E-state index contributed by atoms with van der Waals surface area (Å²) >= 11 is 0. The topological polar surface area (TPSA) is 46.5 Å². The van der Waals surface area contributed by atoms with E-state index in [-0.39, 0.29) is 12.6 Å². The van der Waals surface area contributed by atoms with E-state index in [0.29, 0.717) is 0 Å². The number of ether oxygens (including phenoxy) is 1. The molecular formula is C12H20O3. The fourth-order valence-electron chi connectivity index (χ4n) is 1.44. The first-order valence-electron chi connectivity index (χ1n) is 5.32. The molecule has 0 atom stereocenters. The van der Waals surface area contributed by atoms with E-state index in [2.05, 4.69) is 0 Å². The van der Waals surface area contributed by atoms with Crippen LogP contribution in [0, 0.1) is 5.41 Å². The first-order valence-corrected chi connectivity index (χ1v) is 5.32. The van der Waals surface area contributed by atoms with Crippen molar-refractivity contribution in [2.45, 2.75) is 46.1 Å². The van der Waals surface area contributed by atoms with Crippen LogP contribution in [-0.2, 0) is 9.53 Å². The molecule has 3 heteroatoms. The molecule has 86 valence electrons. The van der Waals surface area contributed by atoms with Crippen molar-refractivity contribution in [2.24, 2.45) is 5.41 Å². The Kier molecular flexibility index (Phi) is 3.24. The third kappa shape index (κ3) is 3.34. The monoisotopic (exact) mass is 212 g/mol. The van der Waals surface area contributed by atoms with Gasteiger partial charge in [0.25, 0.3) is 0 Å². The highest BCUT2D eigenvalue weighted by molar-refractivity contribution is 5.82. The zero-order chi connectivity index (χ0) is 11.7. The molecule has 1 N–H and O–H groups in total. The average Bonchev–Trinajstić information content (AvgIpc) is 2.82. The molecule has 0 spiro atoms. The van der Waals surface area contributed by atoms with E-state index in [1.54, 1.807) is 0 Å². The standard InChI is InChI=1S/C12H20O3/c1-9(8-13)7-12(5-6-12)10(14)15-11(2,3)4/h7,13H,5-6,8H2,1-4H3. The van der Waals surface area contributed by atoms with Crippen LogP contribution in [0.5, 0.6) is 0 Å². The summed E-state index contributed by atoms with van der Waals surface area (Å²) in [5.74, 6) is -0.164. The highest BCUT2D eigenvalue weighted by atomic mass is 16.6. The van der Waals surface area contributed by atoms with Crippen LogP contribution in [-0.4, -0.2) is 23.3 Å². The predicted molar refractivity (Wildman–Crippen MR) is 58.4 cm³/mol. The van der Waals surface area contributed by atoms with Gasteiger partial charge in [-0.25, -0.2) is 0 Å². The number of aliphatic hydroxyl groups excluding tert-OH is 1. The van der Waals surface area contributed by atoms with Gasteiger partial charge in [0.1, 0.15) is 5.60 Å². The molecule has 0 saturated heterocycles. The Morgan fingerprint density at radius 1 is 1.47 bits per heavy atom. The Bertz CT molecular complexity index is 280. The number of carbonyl (C=O) groups excluding carboxylic acids is 1. The minimum Gasteiger partial charge on any atom is -0.459 e. The van der Waals surface area contributed by atoms with Crippen molar-refractivity contribution in [1.82, 2.24) is 0 Å². The second-order valence-corrected chi connectivity index (χ2v) is 5.31. The van der Waals surface area contributed by atoms with Gasteiger partial charge in [-0.15, -0.1) is 0 Å². The molecule has 0 aromatic carbocycles. The van der Waals surface area contributed by atoms with Crippen molar-refractivity contribution in [3.05, 3.63) is 11.6 Å². The molecule has 0 aromatic rings. The molecule has 0 heterocycles. The molecule has 0 radical (unpaired) electrons. The number of hydrogen-bond donors (Lipinski definition) is 1. The van der Waals surface area contributed by atoms with Gasteiger partial charge in [0.2, 0.25) is 0 Å². The summed E-state index contributed by atoms with van der Waals surface area (Å²) in [4.78, 5) is 11.8. The summed E-state index contributed by atoms with van der Waals surface area (Å²) in [7, 11) is 0. The van der Waals surface area contributed by atoms with Crippen LogP contribution < -0.4 is 0 Å². The number of rotatable bonds is 3. The van der Waals surface area contributed by atoms with Crippen molar-refractivity contribution < 1.29 is 14.6 Å². The molecule has 1 fully saturated rings. The summed E-state index contributed by atoms with van der Waals surface area (Å²) in [5.41, 5.74) is -0.0494. The Hall–Kier alpha value is -0.830. The van der Waals surface area contributed by atoms with Crippen LogP contribution in [0.4, 0.5) is 0 Å². The molecule has 1 aliphatic carbocycles. The van der Waals surface area contributed by atoms with E-state index in [4.69, 9.17) is 9.84 Å². The number of esters is 1. The van der Waals surface area contributed by atoms with Crippen LogP contribution in [0.3, 0.4) is 0 Å². The SMILES string of the molecule is CC(=CC1(C(=O)OC(C)(C)C)CC1)CO. The highest BCUT2D eigenvalue weighted by Crippen LogP contribution is 2.49. The molecule has 0 aliphatic heterocycles. The lowest BCUT2D eigenvalue weighted by Crippen LogP contribution is -2.29. The Morgan fingerprint density at radius 3 is 2.33 bits per heavy atom. The molecule has 3 nitrogen and oxygen atoms in total. The largest absolute Gasteiger partial charge is 0.459 e. The van der Waals surface area contributed by atoms with Crippen LogP contribution in [0.25, 0.3) is 0 Å². The van der Waals surface area contributed by atoms with E-state index >= 15 is 0 Å². The third-order valence-corrected chi connectivity index (χ3v) is 2.37. The van der Waals surface area contributed by atoms with E-state index in [1.165, 1.54) is 0 Å². The third-order valence-electron chi connectivity index (χ3n) is 2.37. The van der Waals surface area contributed by atoms with Crippen LogP contribution >= 0.6 is 0 Å². The van der Waals surface area contributed by atoms with Gasteiger partial charge in [-0.05, 0) is 40.5 Å². The lowest BCUT2D eigenvalue weighted by atomic mass is 10.0. The van der Waals surface area contributed by atoms with E-state index in [0.717, 1.165) is 18.4 Å². The van der Waals surface area contributed by atoms with E-state index < -0.39 is 11.0 Å². The van der Waals surface area contributed by atoms with Gasteiger partial charge in [-0.1, -0.05) is 11.6 Å². The van der Waals surface area contributed by atoms with Crippen LogP contribution in [0.15, 0.2) is 11.6 Å². The van der Waals surface area contributed by atoms with Gasteiger partial charge in [0.05, 0.1) is 12.0 Å². The Labute approximate surface area is 91.1 Å². The van der Waals surface area contributed by atoms with Crippen LogP contribution in [0.2, 0.25) is 0 Å². The summed E-state index contributed by atoms with van der Waals surface area (Å²) in [6, 6.07) is 0. The normalized spacial score (nSPS) is 19.9. The molecule has 15 heavy (non-hydrogen) atoms. The molecule has 1 aliphatic rings. The van der Waals surface area contributed by atoms with Gasteiger partial charge in [0, 0.05) is 0 Å². The van der Waals surface area contributed by atoms with Crippen molar-refractivity contribution in [3.8, 4) is 0 Å². The summed E-state index contributed by atoms with van der Waals surface area (Å²) in [6.07, 6.45) is 3.51. The zero-order valence-corrected chi connectivity index (χ0v) is 9.96. The maximum Gasteiger partial charge on any atom is 0.316 e. The zero-order valence-electron chi connectivity index (χ0n) is 9.96. The minimum absolute atomic E-state index is 0.00451. The van der Waals surface area contributed by atoms with Crippen LogP contribution in [0.1, 0.15) is 40.5 Å². The lowest BCUT2D eigenvalue weighted by Gasteiger charge is -2.22. The fraction of sp³-hybridized carbons (Fsp3) is 0.750. The quantitative estimate of drug-likeness (QED) is 0.575.